The van der Waals surface area contributed by atoms with Gasteiger partial charge in [-0.2, -0.15) is 0 Å². The Morgan fingerprint density at radius 2 is 1.88 bits per heavy atom. The van der Waals surface area contributed by atoms with Crippen LogP contribution in [-0.2, 0) is 0 Å². The molecule has 0 amide bonds. The van der Waals surface area contributed by atoms with Crippen molar-refractivity contribution in [1.29, 1.82) is 0 Å². The van der Waals surface area contributed by atoms with E-state index in [1.165, 1.54) is 5.56 Å². The fourth-order valence-corrected chi connectivity index (χ4v) is 2.03. The van der Waals surface area contributed by atoms with Crippen molar-refractivity contribution >= 4 is 0 Å². The van der Waals surface area contributed by atoms with Crippen molar-refractivity contribution in [3.05, 3.63) is 35.9 Å². The molecule has 1 unspecified atom stereocenters. The Kier molecular flexibility index (Phi) is 2.45. The molecule has 2 rings (SSSR count). The lowest BCUT2D eigenvalue weighted by Gasteiger charge is -2.31. The summed E-state index contributed by atoms with van der Waals surface area (Å²) in [6.07, 6.45) is 0. The maximum absolute atomic E-state index is 5.98. The first kappa shape index (κ1) is 11.1. The van der Waals surface area contributed by atoms with Crippen LogP contribution in [0, 0.1) is 12.8 Å². The van der Waals surface area contributed by atoms with Gasteiger partial charge in [-0.25, -0.2) is 0 Å². The predicted molar refractivity (Wildman–Crippen MR) is 64.8 cm³/mol. The van der Waals surface area contributed by atoms with Crippen LogP contribution in [0.5, 0.6) is 11.5 Å². The molecule has 0 saturated carbocycles. The van der Waals surface area contributed by atoms with Gasteiger partial charge in [0.25, 0.3) is 5.79 Å². The fourth-order valence-electron chi connectivity index (χ4n) is 2.03. The molecule has 2 heteroatoms. The second kappa shape index (κ2) is 3.55. The summed E-state index contributed by atoms with van der Waals surface area (Å²) in [7, 11) is 0. The average molecular weight is 218 g/mol. The van der Waals surface area contributed by atoms with Gasteiger partial charge in [0.15, 0.2) is 11.5 Å². The zero-order valence-corrected chi connectivity index (χ0v) is 10.3. The maximum atomic E-state index is 5.98. The molecule has 0 spiro atoms. The molecule has 0 fully saturated rings. The van der Waals surface area contributed by atoms with Crippen LogP contribution in [0.2, 0.25) is 0 Å². The van der Waals surface area contributed by atoms with Crippen LogP contribution in [0.1, 0.15) is 26.3 Å². The molecule has 1 aliphatic rings. The zero-order valence-electron chi connectivity index (χ0n) is 10.3. The molecular weight excluding hydrogens is 200 g/mol. The lowest BCUT2D eigenvalue weighted by Crippen LogP contribution is -2.44. The second-order valence-corrected chi connectivity index (χ2v) is 4.76. The third kappa shape index (κ3) is 1.49. The first-order chi connectivity index (χ1) is 7.45. The van der Waals surface area contributed by atoms with Crippen LogP contribution in [0.25, 0.3) is 0 Å². The molecule has 1 aromatic carbocycles. The summed E-state index contributed by atoms with van der Waals surface area (Å²) in [6, 6.07) is 5.98. The van der Waals surface area contributed by atoms with Crippen LogP contribution in [0.3, 0.4) is 0 Å². The van der Waals surface area contributed by atoms with E-state index in [0.717, 1.165) is 17.1 Å². The second-order valence-electron chi connectivity index (χ2n) is 4.76. The van der Waals surface area contributed by atoms with Crippen molar-refractivity contribution in [3.8, 4) is 11.5 Å². The molecule has 0 saturated heterocycles. The molecule has 0 N–H and O–H groups in total. The molecular formula is C14H18O2. The van der Waals surface area contributed by atoms with E-state index in [9.17, 15) is 0 Å². The monoisotopic (exact) mass is 218 g/mol. The highest BCUT2D eigenvalue weighted by Crippen LogP contribution is 2.45. The zero-order chi connectivity index (χ0) is 11.9. The Bertz CT molecular complexity index is 434. The summed E-state index contributed by atoms with van der Waals surface area (Å²) in [4.78, 5) is 0. The number of aryl methyl sites for hydroxylation is 1. The molecule has 1 aliphatic heterocycles. The van der Waals surface area contributed by atoms with Crippen LogP contribution in [0.15, 0.2) is 30.4 Å². The number of hydrogen-bond acceptors (Lipinski definition) is 2. The summed E-state index contributed by atoms with van der Waals surface area (Å²) in [5.74, 6) is 1.15. The van der Waals surface area contributed by atoms with E-state index in [4.69, 9.17) is 9.47 Å². The smallest absolute Gasteiger partial charge is 0.276 e. The molecule has 86 valence electrons. The molecule has 2 nitrogen and oxygen atoms in total. The summed E-state index contributed by atoms with van der Waals surface area (Å²) < 4.78 is 11.9. The number of ether oxygens (including phenoxy) is 2. The van der Waals surface area contributed by atoms with Crippen LogP contribution < -0.4 is 9.47 Å². The average Bonchev–Trinajstić information content (AvgIpc) is 2.57. The van der Waals surface area contributed by atoms with Gasteiger partial charge in [0.05, 0.1) is 0 Å². The van der Waals surface area contributed by atoms with E-state index in [1.807, 2.05) is 32.0 Å². The van der Waals surface area contributed by atoms with Crippen LogP contribution >= 0.6 is 0 Å². The van der Waals surface area contributed by atoms with Gasteiger partial charge in [-0.1, -0.05) is 26.5 Å². The molecule has 1 heterocycles. The minimum atomic E-state index is -0.698. The largest absolute Gasteiger partial charge is 0.444 e. The number of fused-ring (bicyclic) bond motifs is 1. The Labute approximate surface area is 96.9 Å². The highest BCUT2D eigenvalue weighted by molar-refractivity contribution is 5.47. The van der Waals surface area contributed by atoms with E-state index in [1.54, 1.807) is 0 Å². The molecule has 0 aromatic heterocycles. The highest BCUT2D eigenvalue weighted by Gasteiger charge is 2.45. The quantitative estimate of drug-likeness (QED) is 0.705. The lowest BCUT2D eigenvalue weighted by atomic mass is 9.96. The fraction of sp³-hybridized carbons (Fsp3) is 0.429. The van der Waals surface area contributed by atoms with Gasteiger partial charge in [-0.05, 0) is 31.5 Å². The Balaban J connectivity index is 2.42. The van der Waals surface area contributed by atoms with Gasteiger partial charge in [0.2, 0.25) is 0 Å². The third-order valence-electron chi connectivity index (χ3n) is 2.98. The predicted octanol–water partition coefficient (Wildman–Crippen LogP) is 3.69. The van der Waals surface area contributed by atoms with E-state index >= 15 is 0 Å². The summed E-state index contributed by atoms with van der Waals surface area (Å²) >= 11 is 0. The first-order valence-electron chi connectivity index (χ1n) is 5.60. The normalized spacial score (nSPS) is 22.6. The molecule has 16 heavy (non-hydrogen) atoms. The third-order valence-corrected chi connectivity index (χ3v) is 2.98. The van der Waals surface area contributed by atoms with E-state index in [2.05, 4.69) is 20.4 Å². The van der Waals surface area contributed by atoms with Crippen molar-refractivity contribution in [3.63, 3.8) is 0 Å². The van der Waals surface area contributed by atoms with Crippen LogP contribution in [-0.4, -0.2) is 5.79 Å². The molecule has 1 aromatic rings. The van der Waals surface area contributed by atoms with Gasteiger partial charge in [0.1, 0.15) is 0 Å². The van der Waals surface area contributed by atoms with E-state index < -0.39 is 5.79 Å². The standard InChI is InChI=1S/C14H18O2/c1-9(2)14(10(3)4)15-12-7-6-11(5)8-13(12)16-14/h6-8,10H,1H2,2-5H3. The minimum absolute atomic E-state index is 0.220. The lowest BCUT2D eigenvalue weighted by molar-refractivity contribution is -0.0815. The van der Waals surface area contributed by atoms with Gasteiger partial charge in [-0.3, -0.25) is 0 Å². The first-order valence-corrected chi connectivity index (χ1v) is 5.60. The van der Waals surface area contributed by atoms with Crippen molar-refractivity contribution in [2.45, 2.75) is 33.5 Å². The number of hydrogen-bond donors (Lipinski definition) is 0. The van der Waals surface area contributed by atoms with Crippen LogP contribution in [0.4, 0.5) is 0 Å². The summed E-state index contributed by atoms with van der Waals surface area (Å²) in [5, 5.41) is 0. The summed E-state index contributed by atoms with van der Waals surface area (Å²) in [5.41, 5.74) is 2.07. The maximum Gasteiger partial charge on any atom is 0.276 e. The van der Waals surface area contributed by atoms with Crippen molar-refractivity contribution in [1.82, 2.24) is 0 Å². The Hall–Kier alpha value is -1.44. The van der Waals surface area contributed by atoms with Gasteiger partial charge in [0, 0.05) is 11.5 Å². The topological polar surface area (TPSA) is 18.5 Å². The van der Waals surface area contributed by atoms with Crippen molar-refractivity contribution in [2.75, 3.05) is 0 Å². The number of benzene rings is 1. The molecule has 0 bridgehead atoms. The van der Waals surface area contributed by atoms with Gasteiger partial charge < -0.3 is 9.47 Å². The van der Waals surface area contributed by atoms with E-state index in [-0.39, 0.29) is 5.92 Å². The SMILES string of the molecule is C=C(C)C1(C(C)C)Oc2ccc(C)cc2O1. The van der Waals surface area contributed by atoms with E-state index in [0.29, 0.717) is 0 Å². The Morgan fingerprint density at radius 1 is 1.25 bits per heavy atom. The molecule has 0 radical (unpaired) electrons. The highest BCUT2D eigenvalue weighted by atomic mass is 16.7. The molecule has 0 aliphatic carbocycles. The minimum Gasteiger partial charge on any atom is -0.444 e. The summed E-state index contributed by atoms with van der Waals surface area (Å²) in [6.45, 7) is 12.1. The number of rotatable bonds is 2. The van der Waals surface area contributed by atoms with Gasteiger partial charge in [-0.15, -0.1) is 0 Å². The van der Waals surface area contributed by atoms with Crippen molar-refractivity contribution < 1.29 is 9.47 Å². The van der Waals surface area contributed by atoms with Gasteiger partial charge >= 0.3 is 0 Å². The van der Waals surface area contributed by atoms with Crippen molar-refractivity contribution in [2.24, 2.45) is 5.92 Å². The Morgan fingerprint density at radius 3 is 2.44 bits per heavy atom. The molecule has 1 atom stereocenters.